The van der Waals surface area contributed by atoms with E-state index in [0.29, 0.717) is 43.5 Å². The van der Waals surface area contributed by atoms with Crippen molar-refractivity contribution in [1.82, 2.24) is 20.1 Å². The number of pyridine rings is 1. The van der Waals surface area contributed by atoms with Crippen LogP contribution in [0.1, 0.15) is 5.56 Å². The number of nitrogens with zero attached hydrogens (tertiary/aromatic N) is 5. The number of aryl methyl sites for hydroxylation is 1. The predicted octanol–water partition coefficient (Wildman–Crippen LogP) is 2.66. The van der Waals surface area contributed by atoms with Gasteiger partial charge in [0.1, 0.15) is 5.82 Å². The summed E-state index contributed by atoms with van der Waals surface area (Å²) in [6.07, 6.45) is 1.80. The third-order valence-corrected chi connectivity index (χ3v) is 5.19. The molecule has 0 atom stereocenters. The molecule has 1 fully saturated rings. The number of hydrogen-bond acceptors (Lipinski definition) is 8. The van der Waals surface area contributed by atoms with Crippen LogP contribution in [0, 0.1) is 6.92 Å². The number of piperazine rings is 1. The Morgan fingerprint density at radius 2 is 1.72 bits per heavy atom. The van der Waals surface area contributed by atoms with Gasteiger partial charge in [-0.05, 0) is 42.8 Å². The number of ether oxygens (including phenoxy) is 2. The van der Waals surface area contributed by atoms with Crippen molar-refractivity contribution in [1.29, 1.82) is 0 Å². The van der Waals surface area contributed by atoms with E-state index in [2.05, 4.69) is 25.4 Å². The van der Waals surface area contributed by atoms with E-state index >= 15 is 0 Å². The van der Waals surface area contributed by atoms with Crippen LogP contribution in [0.2, 0.25) is 0 Å². The maximum absolute atomic E-state index is 12.6. The lowest BCUT2D eigenvalue weighted by atomic mass is 10.3. The Bertz CT molecular complexity index is 1030. The molecule has 1 amide bonds. The molecule has 9 heteroatoms. The summed E-state index contributed by atoms with van der Waals surface area (Å²) in [5, 5.41) is 11.7. The molecular weight excluding hydrogens is 408 g/mol. The first-order chi connectivity index (χ1) is 15.6. The van der Waals surface area contributed by atoms with Crippen molar-refractivity contribution in [2.75, 3.05) is 50.1 Å². The minimum Gasteiger partial charge on any atom is -0.493 e. The highest BCUT2D eigenvalue weighted by atomic mass is 16.5. The van der Waals surface area contributed by atoms with Crippen LogP contribution in [0.5, 0.6) is 11.5 Å². The highest BCUT2D eigenvalue weighted by Crippen LogP contribution is 2.25. The smallest absolute Gasteiger partial charge is 0.260 e. The summed E-state index contributed by atoms with van der Waals surface area (Å²) in [5.74, 6) is 3.26. The molecule has 32 heavy (non-hydrogen) atoms. The van der Waals surface area contributed by atoms with Gasteiger partial charge >= 0.3 is 0 Å². The molecule has 1 aromatic carbocycles. The number of para-hydroxylation sites is 2. The lowest BCUT2D eigenvalue weighted by molar-refractivity contribution is -0.133. The molecule has 0 spiro atoms. The third-order valence-electron chi connectivity index (χ3n) is 5.19. The average molecular weight is 435 g/mol. The molecule has 1 saturated heterocycles. The summed E-state index contributed by atoms with van der Waals surface area (Å²) in [6, 6.07) is 15.0. The summed E-state index contributed by atoms with van der Waals surface area (Å²) in [5.41, 5.74) is 1.10. The number of anilines is 3. The second-order valence-corrected chi connectivity index (χ2v) is 7.43. The maximum atomic E-state index is 12.6. The highest BCUT2D eigenvalue weighted by Gasteiger charge is 2.22. The zero-order chi connectivity index (χ0) is 22.3. The van der Waals surface area contributed by atoms with Crippen LogP contribution in [-0.2, 0) is 4.79 Å². The number of hydrogen-bond donors (Lipinski definition) is 1. The van der Waals surface area contributed by atoms with Gasteiger partial charge in [-0.2, -0.15) is 0 Å². The normalized spacial score (nSPS) is 13.6. The molecule has 4 rings (SSSR count). The van der Waals surface area contributed by atoms with Crippen molar-refractivity contribution in [3.05, 3.63) is 60.3 Å². The average Bonchev–Trinajstić information content (AvgIpc) is 2.85. The van der Waals surface area contributed by atoms with Gasteiger partial charge in [-0.1, -0.05) is 18.2 Å². The molecular formula is C23H26N6O3. The number of nitrogens with one attached hydrogen (secondary N) is 1. The van der Waals surface area contributed by atoms with Crippen LogP contribution >= 0.6 is 0 Å². The van der Waals surface area contributed by atoms with E-state index in [9.17, 15) is 4.79 Å². The summed E-state index contributed by atoms with van der Waals surface area (Å²) in [6.45, 7) is 4.54. The van der Waals surface area contributed by atoms with E-state index < -0.39 is 0 Å². The van der Waals surface area contributed by atoms with E-state index in [1.165, 1.54) is 0 Å². The van der Waals surface area contributed by atoms with Crippen LogP contribution in [0.25, 0.3) is 0 Å². The SMILES string of the molecule is COc1ccccc1OCC(=O)N1CCN(c2ccc(Nc3ccc(C)cn3)nn2)CC1. The molecule has 0 unspecified atom stereocenters. The number of carbonyl (C=O) groups is 1. The van der Waals surface area contributed by atoms with Crippen LogP contribution in [-0.4, -0.2) is 65.9 Å². The molecule has 0 radical (unpaired) electrons. The number of rotatable bonds is 7. The van der Waals surface area contributed by atoms with Gasteiger partial charge in [0.05, 0.1) is 7.11 Å². The van der Waals surface area contributed by atoms with Crippen molar-refractivity contribution >= 4 is 23.4 Å². The number of benzene rings is 1. The number of aromatic nitrogens is 3. The van der Waals surface area contributed by atoms with Gasteiger partial charge in [0.2, 0.25) is 0 Å². The molecule has 3 aromatic rings. The van der Waals surface area contributed by atoms with E-state index in [-0.39, 0.29) is 12.5 Å². The second kappa shape index (κ2) is 9.95. The van der Waals surface area contributed by atoms with Gasteiger partial charge < -0.3 is 24.6 Å². The molecule has 1 N–H and O–H groups in total. The topological polar surface area (TPSA) is 92.7 Å². The molecule has 1 aliphatic heterocycles. The summed E-state index contributed by atoms with van der Waals surface area (Å²) < 4.78 is 10.9. The second-order valence-electron chi connectivity index (χ2n) is 7.43. The fraction of sp³-hybridized carbons (Fsp3) is 0.304. The lowest BCUT2D eigenvalue weighted by Gasteiger charge is -2.35. The molecule has 166 valence electrons. The highest BCUT2D eigenvalue weighted by molar-refractivity contribution is 5.78. The summed E-state index contributed by atoms with van der Waals surface area (Å²) in [4.78, 5) is 20.8. The first kappa shape index (κ1) is 21.4. The monoisotopic (exact) mass is 434 g/mol. The molecule has 0 aliphatic carbocycles. The predicted molar refractivity (Wildman–Crippen MR) is 122 cm³/mol. The van der Waals surface area contributed by atoms with Crippen LogP contribution in [0.3, 0.4) is 0 Å². The summed E-state index contributed by atoms with van der Waals surface area (Å²) >= 11 is 0. The quantitative estimate of drug-likeness (QED) is 0.607. The van der Waals surface area contributed by atoms with Crippen molar-refractivity contribution in [3.63, 3.8) is 0 Å². The minimum atomic E-state index is -0.0493. The van der Waals surface area contributed by atoms with Crippen molar-refractivity contribution in [3.8, 4) is 11.5 Å². The lowest BCUT2D eigenvalue weighted by Crippen LogP contribution is -2.50. The first-order valence-corrected chi connectivity index (χ1v) is 10.4. The van der Waals surface area contributed by atoms with E-state index in [4.69, 9.17) is 9.47 Å². The Kier molecular flexibility index (Phi) is 6.64. The fourth-order valence-electron chi connectivity index (χ4n) is 3.39. The molecule has 0 saturated carbocycles. The van der Waals surface area contributed by atoms with E-state index in [0.717, 1.165) is 17.2 Å². The molecule has 2 aromatic heterocycles. The molecule has 3 heterocycles. The van der Waals surface area contributed by atoms with Gasteiger partial charge in [0.25, 0.3) is 5.91 Å². The largest absolute Gasteiger partial charge is 0.493 e. The first-order valence-electron chi connectivity index (χ1n) is 10.4. The van der Waals surface area contributed by atoms with Gasteiger partial charge in [-0.25, -0.2) is 4.98 Å². The Morgan fingerprint density at radius 1 is 0.969 bits per heavy atom. The number of methoxy groups -OCH3 is 1. The van der Waals surface area contributed by atoms with Crippen LogP contribution < -0.4 is 19.7 Å². The van der Waals surface area contributed by atoms with Crippen LogP contribution in [0.15, 0.2) is 54.7 Å². The summed E-state index contributed by atoms with van der Waals surface area (Å²) in [7, 11) is 1.58. The van der Waals surface area contributed by atoms with Gasteiger partial charge in [0, 0.05) is 32.4 Å². The Labute approximate surface area is 187 Å². The standard InChI is InChI=1S/C23H26N6O3/c1-17-7-8-20(24-15-17)25-21-9-10-22(27-26-21)28-11-13-29(14-12-28)23(30)16-32-19-6-4-3-5-18(19)31-2/h3-10,15H,11-14,16H2,1-2H3,(H,24,25,26). The van der Waals surface area contributed by atoms with Gasteiger partial charge in [0.15, 0.2) is 29.7 Å². The molecule has 1 aliphatic rings. The van der Waals surface area contributed by atoms with Gasteiger partial charge in [-0.15, -0.1) is 10.2 Å². The van der Waals surface area contributed by atoms with E-state index in [1.807, 2.05) is 43.3 Å². The zero-order valence-corrected chi connectivity index (χ0v) is 18.2. The Balaban J connectivity index is 1.26. The van der Waals surface area contributed by atoms with Crippen molar-refractivity contribution in [2.45, 2.75) is 6.92 Å². The Hall–Kier alpha value is -3.88. The fourth-order valence-corrected chi connectivity index (χ4v) is 3.39. The van der Waals surface area contributed by atoms with Crippen molar-refractivity contribution < 1.29 is 14.3 Å². The number of carbonyl (C=O) groups excluding carboxylic acids is 1. The van der Waals surface area contributed by atoms with Crippen molar-refractivity contribution in [2.24, 2.45) is 0 Å². The third kappa shape index (κ3) is 5.23. The zero-order valence-electron chi connectivity index (χ0n) is 18.2. The van der Waals surface area contributed by atoms with E-state index in [1.54, 1.807) is 30.3 Å². The number of amides is 1. The molecule has 9 nitrogen and oxygen atoms in total. The van der Waals surface area contributed by atoms with Gasteiger partial charge in [-0.3, -0.25) is 4.79 Å². The maximum Gasteiger partial charge on any atom is 0.260 e. The Morgan fingerprint density at radius 3 is 2.38 bits per heavy atom. The minimum absolute atomic E-state index is 0.0202. The molecule has 0 bridgehead atoms. The van der Waals surface area contributed by atoms with Crippen LogP contribution in [0.4, 0.5) is 17.5 Å².